The first-order valence-corrected chi connectivity index (χ1v) is 3.84. The first kappa shape index (κ1) is 9.36. The zero-order valence-corrected chi connectivity index (χ0v) is 7.63. The van der Waals surface area contributed by atoms with Gasteiger partial charge in [-0.25, -0.2) is 4.79 Å². The van der Waals surface area contributed by atoms with Crippen LogP contribution in [0.3, 0.4) is 0 Å². The van der Waals surface area contributed by atoms with E-state index in [1.807, 2.05) is 6.92 Å². The van der Waals surface area contributed by atoms with Crippen molar-refractivity contribution in [3.8, 4) is 0 Å². The van der Waals surface area contributed by atoms with E-state index >= 15 is 0 Å². The van der Waals surface area contributed by atoms with Gasteiger partial charge >= 0.3 is 5.97 Å². The largest absolute Gasteiger partial charge is 0.465 e. The lowest BCUT2D eigenvalue weighted by Crippen LogP contribution is -2.12. The minimum atomic E-state index is -0.429. The maximum absolute atomic E-state index is 11.2. The minimum absolute atomic E-state index is 0.367. The van der Waals surface area contributed by atoms with Gasteiger partial charge in [-0.1, -0.05) is 0 Å². The van der Waals surface area contributed by atoms with E-state index in [2.05, 4.69) is 10.5 Å². The summed E-state index contributed by atoms with van der Waals surface area (Å²) < 4.78 is 4.57. The van der Waals surface area contributed by atoms with E-state index < -0.39 is 5.97 Å². The van der Waals surface area contributed by atoms with Crippen LogP contribution >= 0.6 is 0 Å². The van der Waals surface area contributed by atoms with Crippen molar-refractivity contribution in [1.82, 2.24) is 0 Å². The van der Waals surface area contributed by atoms with Crippen LogP contribution in [0, 0.1) is 0 Å². The summed E-state index contributed by atoms with van der Waals surface area (Å²) in [6, 6.07) is 0. The molecule has 2 N–H and O–H groups in total. The first-order chi connectivity index (χ1) is 6.15. The summed E-state index contributed by atoms with van der Waals surface area (Å²) in [5.41, 5.74) is 10.2. The molecule has 1 rings (SSSR count). The molecule has 0 atom stereocenters. The van der Waals surface area contributed by atoms with Crippen molar-refractivity contribution in [2.75, 3.05) is 7.11 Å². The van der Waals surface area contributed by atoms with Gasteiger partial charge in [0.2, 0.25) is 0 Å². The van der Waals surface area contributed by atoms with Crippen LogP contribution in [0.1, 0.15) is 6.92 Å². The van der Waals surface area contributed by atoms with E-state index in [-0.39, 0.29) is 0 Å². The Morgan fingerprint density at radius 2 is 2.31 bits per heavy atom. The standard InChI is InChI=1S/C10H11NO2/c1-7-4-3-5-8(9(11)6-7)10(12)13-2/h3,5-6H,11H2,1-2H3. The van der Waals surface area contributed by atoms with E-state index in [1.165, 1.54) is 7.11 Å². The molecule has 0 radical (unpaired) electrons. The summed E-state index contributed by atoms with van der Waals surface area (Å²) in [6.45, 7) is 1.86. The molecule has 0 aromatic heterocycles. The monoisotopic (exact) mass is 177 g/mol. The van der Waals surface area contributed by atoms with Gasteiger partial charge in [0, 0.05) is 5.70 Å². The van der Waals surface area contributed by atoms with Gasteiger partial charge in [-0.15, -0.1) is 5.73 Å². The number of carbonyl (C=O) groups excluding carboxylic acids is 1. The van der Waals surface area contributed by atoms with Gasteiger partial charge in [-0.2, -0.15) is 0 Å². The third-order valence-electron chi connectivity index (χ3n) is 1.65. The average molecular weight is 177 g/mol. The Hall–Kier alpha value is -1.73. The van der Waals surface area contributed by atoms with Gasteiger partial charge in [0.25, 0.3) is 0 Å². The summed E-state index contributed by atoms with van der Waals surface area (Å²) in [6.07, 6.45) is 4.93. The smallest absolute Gasteiger partial charge is 0.339 e. The third kappa shape index (κ3) is 2.10. The van der Waals surface area contributed by atoms with Gasteiger partial charge in [0.05, 0.1) is 12.7 Å². The molecule has 0 unspecified atom stereocenters. The van der Waals surface area contributed by atoms with Gasteiger partial charge < -0.3 is 10.5 Å². The Morgan fingerprint density at radius 3 is 2.92 bits per heavy atom. The minimum Gasteiger partial charge on any atom is -0.465 e. The molecule has 0 aromatic rings. The van der Waals surface area contributed by atoms with Gasteiger partial charge in [0.1, 0.15) is 0 Å². The fourth-order valence-corrected chi connectivity index (χ4v) is 1.00. The number of ether oxygens (including phenoxy) is 1. The number of carbonyl (C=O) groups is 1. The van der Waals surface area contributed by atoms with Crippen molar-refractivity contribution in [2.45, 2.75) is 6.92 Å². The van der Waals surface area contributed by atoms with E-state index in [9.17, 15) is 4.79 Å². The van der Waals surface area contributed by atoms with E-state index in [1.54, 1.807) is 18.2 Å². The molecule has 3 heteroatoms. The lowest BCUT2D eigenvalue weighted by atomic mass is 10.1. The van der Waals surface area contributed by atoms with Crippen LogP contribution in [0.4, 0.5) is 0 Å². The summed E-state index contributed by atoms with van der Waals surface area (Å²) in [4.78, 5) is 11.2. The van der Waals surface area contributed by atoms with Crippen molar-refractivity contribution in [3.63, 3.8) is 0 Å². The Kier molecular flexibility index (Phi) is 2.72. The molecule has 0 aliphatic heterocycles. The quantitative estimate of drug-likeness (QED) is 0.481. The zero-order chi connectivity index (χ0) is 9.84. The van der Waals surface area contributed by atoms with Crippen molar-refractivity contribution >= 4 is 5.97 Å². The van der Waals surface area contributed by atoms with Crippen molar-refractivity contribution in [3.05, 3.63) is 40.8 Å². The summed E-state index contributed by atoms with van der Waals surface area (Å²) in [7, 11) is 1.32. The van der Waals surface area contributed by atoms with E-state index in [0.717, 1.165) is 5.57 Å². The first-order valence-electron chi connectivity index (χ1n) is 3.84. The van der Waals surface area contributed by atoms with Crippen molar-refractivity contribution in [2.24, 2.45) is 5.73 Å². The molecule has 0 bridgehead atoms. The number of allylic oxidation sites excluding steroid dienone is 3. The summed E-state index contributed by atoms with van der Waals surface area (Å²) >= 11 is 0. The average Bonchev–Trinajstić information content (AvgIpc) is 2.25. The molecule has 0 amide bonds. The van der Waals surface area contributed by atoms with Crippen LogP contribution < -0.4 is 5.73 Å². The van der Waals surface area contributed by atoms with Crippen molar-refractivity contribution < 1.29 is 9.53 Å². The Bertz CT molecular complexity index is 355. The van der Waals surface area contributed by atoms with Crippen LogP contribution in [0.2, 0.25) is 0 Å². The molecule has 0 fully saturated rings. The molecular weight excluding hydrogens is 166 g/mol. The van der Waals surface area contributed by atoms with Crippen LogP contribution in [-0.4, -0.2) is 13.1 Å². The number of nitrogens with two attached hydrogens (primary N) is 1. The Labute approximate surface area is 76.9 Å². The zero-order valence-electron chi connectivity index (χ0n) is 7.63. The lowest BCUT2D eigenvalue weighted by Gasteiger charge is -2.03. The van der Waals surface area contributed by atoms with Crippen LogP contribution in [-0.2, 0) is 9.53 Å². The highest BCUT2D eigenvalue weighted by Gasteiger charge is 2.12. The van der Waals surface area contributed by atoms with E-state index in [4.69, 9.17) is 5.73 Å². The normalized spacial score (nSPS) is 15.4. The highest BCUT2D eigenvalue weighted by molar-refractivity contribution is 5.93. The molecular formula is C10H11NO2. The number of methoxy groups -OCH3 is 1. The van der Waals surface area contributed by atoms with Crippen LogP contribution in [0.5, 0.6) is 0 Å². The highest BCUT2D eigenvalue weighted by Crippen LogP contribution is 2.11. The lowest BCUT2D eigenvalue weighted by molar-refractivity contribution is -0.135. The van der Waals surface area contributed by atoms with Crippen molar-refractivity contribution in [1.29, 1.82) is 0 Å². The summed E-state index contributed by atoms with van der Waals surface area (Å²) in [5, 5.41) is 0. The molecule has 13 heavy (non-hydrogen) atoms. The number of rotatable bonds is 1. The molecule has 68 valence electrons. The molecule has 3 nitrogen and oxygen atoms in total. The predicted molar refractivity (Wildman–Crippen MR) is 49.6 cm³/mol. The van der Waals surface area contributed by atoms with Gasteiger partial charge in [-0.3, -0.25) is 0 Å². The maximum atomic E-state index is 11.2. The third-order valence-corrected chi connectivity index (χ3v) is 1.65. The SMILES string of the molecule is COC(=O)C1=CC=C=C(C)C=C1N. The Morgan fingerprint density at radius 1 is 1.62 bits per heavy atom. The highest BCUT2D eigenvalue weighted by atomic mass is 16.5. The summed E-state index contributed by atoms with van der Waals surface area (Å²) in [5.74, 6) is -0.429. The fourth-order valence-electron chi connectivity index (χ4n) is 1.00. The fraction of sp³-hybridized carbons (Fsp3) is 0.200. The molecule has 1 aliphatic carbocycles. The van der Waals surface area contributed by atoms with Gasteiger partial charge in [0.15, 0.2) is 0 Å². The number of hydrogen-bond donors (Lipinski definition) is 1. The Balaban J connectivity index is 3.05. The molecule has 0 heterocycles. The van der Waals surface area contributed by atoms with Crippen LogP contribution in [0.15, 0.2) is 40.8 Å². The second-order valence-electron chi connectivity index (χ2n) is 2.67. The molecule has 0 aromatic carbocycles. The molecule has 1 aliphatic rings. The number of hydrogen-bond acceptors (Lipinski definition) is 3. The molecule has 0 spiro atoms. The molecule has 0 saturated heterocycles. The second-order valence-corrected chi connectivity index (χ2v) is 2.67. The number of esters is 1. The maximum Gasteiger partial charge on any atom is 0.339 e. The second kappa shape index (κ2) is 3.78. The van der Waals surface area contributed by atoms with E-state index in [0.29, 0.717) is 11.3 Å². The van der Waals surface area contributed by atoms with Crippen LogP contribution in [0.25, 0.3) is 0 Å². The predicted octanol–water partition coefficient (Wildman–Crippen LogP) is 1.04. The molecule has 0 saturated carbocycles. The van der Waals surface area contributed by atoms with Gasteiger partial charge in [-0.05, 0) is 30.7 Å². The topological polar surface area (TPSA) is 52.3 Å².